The summed E-state index contributed by atoms with van der Waals surface area (Å²) in [5, 5.41) is 98.2. The van der Waals surface area contributed by atoms with Crippen LogP contribution < -0.4 is 0 Å². The highest BCUT2D eigenvalue weighted by Crippen LogP contribution is 2.70. The summed E-state index contributed by atoms with van der Waals surface area (Å²) in [6.07, 6.45) is -8.77. The summed E-state index contributed by atoms with van der Waals surface area (Å²) in [6.45, 7) is 3.03. The van der Waals surface area contributed by atoms with Crippen molar-refractivity contribution >= 4 is 5.97 Å². The second-order valence-electron chi connectivity index (χ2n) is 16.4. The molecule has 4 saturated carbocycles. The first-order valence-electron chi connectivity index (χ1n) is 18.2. The standard InChI is InChI=1S/C35H54O15/c1-16-29(50-31-27(42)25(40)24(39)22(13-36)49-31)26(41)28(43)30(47-16)48-18-3-8-33(15-37)20-4-7-32(2)19(17-11-23(38)46-14-17)6-10-35(32,45)21(20)5-9-34(33,44)12-18/h11,16,18-22,24-31,36-37,39-45H,3-10,12-15H2,1-2H3/t16-,18+,19-,20+,21-,22-,24-,25+,26+,27-,28-,29-,30+,31+,32-,33+,34+,35+/m1/s1. The van der Waals surface area contributed by atoms with E-state index in [-0.39, 0.29) is 43.4 Å². The third-order valence-corrected chi connectivity index (χ3v) is 14.3. The molecule has 7 rings (SSSR count). The lowest BCUT2D eigenvalue weighted by molar-refractivity contribution is -0.362. The summed E-state index contributed by atoms with van der Waals surface area (Å²) >= 11 is 0. The minimum absolute atomic E-state index is 0.0248. The van der Waals surface area contributed by atoms with E-state index in [0.717, 1.165) is 12.0 Å². The van der Waals surface area contributed by atoms with Gasteiger partial charge in [-0.3, -0.25) is 0 Å². The molecule has 6 fully saturated rings. The quantitative estimate of drug-likeness (QED) is 0.106. The number of aliphatic hydroxyl groups is 9. The van der Waals surface area contributed by atoms with Crippen LogP contribution in [0.5, 0.6) is 0 Å². The van der Waals surface area contributed by atoms with E-state index in [1.807, 2.05) is 0 Å². The molecule has 9 N–H and O–H groups in total. The Bertz CT molecular complexity index is 1310. The average Bonchev–Trinajstić information content (AvgIpc) is 3.64. The van der Waals surface area contributed by atoms with Crippen molar-refractivity contribution in [2.24, 2.45) is 28.6 Å². The van der Waals surface area contributed by atoms with Gasteiger partial charge in [0.05, 0.1) is 36.6 Å². The summed E-state index contributed by atoms with van der Waals surface area (Å²) in [5.41, 5.74) is -2.74. The van der Waals surface area contributed by atoms with Crippen LogP contribution in [0.15, 0.2) is 11.6 Å². The maximum atomic E-state index is 12.5. The molecule has 7 aliphatic rings. The molecule has 15 heteroatoms. The van der Waals surface area contributed by atoms with Crippen LogP contribution in [0.2, 0.25) is 0 Å². The van der Waals surface area contributed by atoms with Gasteiger partial charge in [-0.05, 0) is 81.6 Å². The van der Waals surface area contributed by atoms with E-state index in [1.54, 1.807) is 13.0 Å². The third kappa shape index (κ3) is 5.45. The summed E-state index contributed by atoms with van der Waals surface area (Å²) in [7, 11) is 0. The number of fused-ring (bicyclic) bond motifs is 5. The van der Waals surface area contributed by atoms with Crippen LogP contribution in [-0.4, -0.2) is 150 Å². The van der Waals surface area contributed by atoms with Gasteiger partial charge in [-0.1, -0.05) is 6.92 Å². The van der Waals surface area contributed by atoms with Gasteiger partial charge in [-0.2, -0.15) is 0 Å². The molecule has 4 aliphatic carbocycles. The van der Waals surface area contributed by atoms with E-state index in [4.69, 9.17) is 23.7 Å². The topological polar surface area (TPSA) is 245 Å². The van der Waals surface area contributed by atoms with Crippen molar-refractivity contribution in [3.05, 3.63) is 11.6 Å². The van der Waals surface area contributed by atoms with E-state index in [9.17, 15) is 50.8 Å². The Labute approximate surface area is 290 Å². The Hall–Kier alpha value is -1.31. The van der Waals surface area contributed by atoms with Gasteiger partial charge >= 0.3 is 5.97 Å². The normalized spacial score (nSPS) is 55.1. The van der Waals surface area contributed by atoms with E-state index >= 15 is 0 Å². The van der Waals surface area contributed by atoms with Gasteiger partial charge in [-0.25, -0.2) is 4.79 Å². The Morgan fingerprint density at radius 3 is 2.20 bits per heavy atom. The number of esters is 1. The highest BCUT2D eigenvalue weighted by molar-refractivity contribution is 5.85. The Morgan fingerprint density at radius 1 is 0.820 bits per heavy atom. The number of ether oxygens (including phenoxy) is 5. The largest absolute Gasteiger partial charge is 0.458 e. The molecule has 3 heterocycles. The van der Waals surface area contributed by atoms with Crippen molar-refractivity contribution in [3.63, 3.8) is 0 Å². The van der Waals surface area contributed by atoms with E-state index in [2.05, 4.69) is 6.92 Å². The van der Waals surface area contributed by atoms with Crippen molar-refractivity contribution in [2.45, 2.75) is 150 Å². The molecule has 284 valence electrons. The molecule has 0 bridgehead atoms. The van der Waals surface area contributed by atoms with Crippen LogP contribution in [0.4, 0.5) is 0 Å². The summed E-state index contributed by atoms with van der Waals surface area (Å²) in [6, 6.07) is 0. The lowest BCUT2D eigenvalue weighted by Gasteiger charge is -2.66. The first-order chi connectivity index (χ1) is 23.6. The molecule has 0 aromatic rings. The summed E-state index contributed by atoms with van der Waals surface area (Å²) in [5.74, 6) is -0.602. The summed E-state index contributed by atoms with van der Waals surface area (Å²) < 4.78 is 28.5. The van der Waals surface area contributed by atoms with Crippen molar-refractivity contribution in [3.8, 4) is 0 Å². The van der Waals surface area contributed by atoms with Crippen LogP contribution in [0.1, 0.15) is 71.6 Å². The van der Waals surface area contributed by atoms with Crippen molar-refractivity contribution in [1.82, 2.24) is 0 Å². The van der Waals surface area contributed by atoms with Crippen LogP contribution in [0.25, 0.3) is 0 Å². The zero-order valence-electron chi connectivity index (χ0n) is 28.6. The fourth-order valence-corrected chi connectivity index (χ4v) is 11.4. The second-order valence-corrected chi connectivity index (χ2v) is 16.4. The smallest absolute Gasteiger partial charge is 0.331 e. The number of carbonyl (C=O) groups is 1. The fourth-order valence-electron chi connectivity index (χ4n) is 11.4. The third-order valence-electron chi connectivity index (χ3n) is 14.3. The average molecular weight is 715 g/mol. The lowest BCUT2D eigenvalue weighted by atomic mass is 9.41. The first kappa shape index (κ1) is 37.0. The molecule has 18 atom stereocenters. The van der Waals surface area contributed by atoms with Gasteiger partial charge in [0.2, 0.25) is 0 Å². The van der Waals surface area contributed by atoms with Crippen molar-refractivity contribution < 1.29 is 74.4 Å². The van der Waals surface area contributed by atoms with E-state index < -0.39 is 96.2 Å². The molecular weight excluding hydrogens is 660 g/mol. The highest BCUT2D eigenvalue weighted by atomic mass is 16.7. The van der Waals surface area contributed by atoms with E-state index in [0.29, 0.717) is 44.9 Å². The molecule has 0 spiro atoms. The molecule has 3 aliphatic heterocycles. The molecule has 0 amide bonds. The molecular formula is C35H54O15. The lowest BCUT2D eigenvalue weighted by Crippen LogP contribution is -2.69. The maximum Gasteiger partial charge on any atom is 0.331 e. The van der Waals surface area contributed by atoms with Gasteiger partial charge in [0.25, 0.3) is 0 Å². The zero-order valence-corrected chi connectivity index (χ0v) is 28.6. The number of carbonyl (C=O) groups excluding carboxylic acids is 1. The van der Waals surface area contributed by atoms with Gasteiger partial charge in [-0.15, -0.1) is 0 Å². The number of hydrogen-bond acceptors (Lipinski definition) is 15. The van der Waals surface area contributed by atoms with Gasteiger partial charge < -0.3 is 69.6 Å². The van der Waals surface area contributed by atoms with Gasteiger partial charge in [0, 0.05) is 23.3 Å². The molecule has 0 unspecified atom stereocenters. The van der Waals surface area contributed by atoms with E-state index in [1.165, 1.54) is 0 Å². The minimum atomic E-state index is -1.71. The fraction of sp³-hybridized carbons (Fsp3) is 0.914. The van der Waals surface area contributed by atoms with Crippen molar-refractivity contribution in [2.75, 3.05) is 19.8 Å². The molecule has 0 aromatic carbocycles. The highest BCUT2D eigenvalue weighted by Gasteiger charge is 2.71. The molecule has 15 nitrogen and oxygen atoms in total. The Balaban J connectivity index is 1.02. The number of hydrogen-bond donors (Lipinski definition) is 9. The Kier molecular flexibility index (Phi) is 9.79. The first-order valence-corrected chi connectivity index (χ1v) is 18.2. The second kappa shape index (κ2) is 13.2. The number of cyclic esters (lactones) is 1. The minimum Gasteiger partial charge on any atom is -0.458 e. The van der Waals surface area contributed by atoms with Gasteiger partial charge in [0.1, 0.15) is 49.3 Å². The van der Waals surface area contributed by atoms with Crippen molar-refractivity contribution in [1.29, 1.82) is 0 Å². The molecule has 2 saturated heterocycles. The number of aliphatic hydroxyl groups excluding tert-OH is 7. The maximum absolute atomic E-state index is 12.5. The molecule has 0 aromatic heterocycles. The molecule has 0 radical (unpaired) electrons. The van der Waals surface area contributed by atoms with Crippen LogP contribution in [0, 0.1) is 28.6 Å². The predicted molar refractivity (Wildman–Crippen MR) is 168 cm³/mol. The SMILES string of the molecule is C[C@H]1O[C@@H](O[C@H]2CC[C@]3(CO)[C@H]4CC[C@]5(C)[C@@H](C6=CC(=O)OC6)CC[C@]5(O)[C@@H]4CC[C@]3(O)C2)[C@H](O)[C@H](O)[C@@H]1O[C@@H]1O[C@H](CO)[C@@H](O)[C@H](O)[C@H]1O. The monoisotopic (exact) mass is 714 g/mol. The van der Waals surface area contributed by atoms with Crippen LogP contribution in [-0.2, 0) is 28.5 Å². The predicted octanol–water partition coefficient (Wildman–Crippen LogP) is -1.63. The Morgan fingerprint density at radius 2 is 1.52 bits per heavy atom. The number of rotatable bonds is 7. The molecule has 50 heavy (non-hydrogen) atoms. The zero-order chi connectivity index (χ0) is 36.0. The van der Waals surface area contributed by atoms with Gasteiger partial charge in [0.15, 0.2) is 12.6 Å². The van der Waals surface area contributed by atoms with Crippen LogP contribution in [0.3, 0.4) is 0 Å². The summed E-state index contributed by atoms with van der Waals surface area (Å²) in [4.78, 5) is 11.9. The van der Waals surface area contributed by atoms with Crippen LogP contribution >= 0.6 is 0 Å².